The predicted molar refractivity (Wildman–Crippen MR) is 83.4 cm³/mol. The maximum Gasteiger partial charge on any atom is 0.0897 e. The number of hydrogen-bond acceptors (Lipinski definition) is 3. The van der Waals surface area contributed by atoms with Gasteiger partial charge in [0, 0.05) is 13.7 Å². The molecule has 1 aliphatic carbocycles. The van der Waals surface area contributed by atoms with E-state index in [2.05, 4.69) is 53.8 Å². The van der Waals surface area contributed by atoms with Gasteiger partial charge in [0.1, 0.15) is 0 Å². The molecule has 3 rings (SSSR count). The van der Waals surface area contributed by atoms with Gasteiger partial charge in [0.15, 0.2) is 0 Å². The molecule has 1 unspecified atom stereocenters. The van der Waals surface area contributed by atoms with Crippen LogP contribution in [0.3, 0.4) is 0 Å². The molecule has 0 aromatic heterocycles. The molecule has 0 saturated heterocycles. The summed E-state index contributed by atoms with van der Waals surface area (Å²) in [7, 11) is 1.61. The number of fused-ring (bicyclic) bond motifs is 2. The fourth-order valence-electron chi connectivity index (χ4n) is 3.05. The summed E-state index contributed by atoms with van der Waals surface area (Å²) in [5.74, 6) is 0. The van der Waals surface area contributed by atoms with Crippen LogP contribution in [-0.4, -0.2) is 31.5 Å². The van der Waals surface area contributed by atoms with Gasteiger partial charge in [-0.05, 0) is 28.7 Å². The maximum atomic E-state index is 9.89. The smallest absolute Gasteiger partial charge is 0.0897 e. The highest BCUT2D eigenvalue weighted by Gasteiger charge is 2.24. The van der Waals surface area contributed by atoms with Crippen molar-refractivity contribution in [1.29, 1.82) is 0 Å². The molecule has 21 heavy (non-hydrogen) atoms. The van der Waals surface area contributed by atoms with Crippen molar-refractivity contribution in [3.63, 3.8) is 0 Å². The SMILES string of the molecule is COCC(O)CNC1c2ccccc2Cc2ccccc21. The van der Waals surface area contributed by atoms with E-state index in [1.807, 2.05) is 0 Å². The molecular formula is C18H21NO2. The summed E-state index contributed by atoms with van der Waals surface area (Å²) < 4.78 is 4.99. The third kappa shape index (κ3) is 3.00. The van der Waals surface area contributed by atoms with Gasteiger partial charge in [-0.1, -0.05) is 48.5 Å². The van der Waals surface area contributed by atoms with Crippen LogP contribution >= 0.6 is 0 Å². The Bertz CT molecular complexity index is 566. The Labute approximate surface area is 125 Å². The van der Waals surface area contributed by atoms with Crippen LogP contribution in [0.1, 0.15) is 28.3 Å². The third-order valence-corrected chi connectivity index (χ3v) is 4.03. The molecule has 0 amide bonds. The summed E-state index contributed by atoms with van der Waals surface area (Å²) in [5, 5.41) is 13.4. The van der Waals surface area contributed by atoms with Crippen LogP contribution < -0.4 is 5.32 Å². The zero-order valence-corrected chi connectivity index (χ0v) is 12.3. The monoisotopic (exact) mass is 283 g/mol. The third-order valence-electron chi connectivity index (χ3n) is 4.03. The van der Waals surface area contributed by atoms with Crippen LogP contribution in [0.15, 0.2) is 48.5 Å². The Morgan fingerprint density at radius 3 is 2.24 bits per heavy atom. The zero-order chi connectivity index (χ0) is 14.7. The molecule has 0 heterocycles. The number of benzene rings is 2. The lowest BCUT2D eigenvalue weighted by molar-refractivity contribution is 0.0634. The van der Waals surface area contributed by atoms with Crippen molar-refractivity contribution in [3.05, 3.63) is 70.8 Å². The highest BCUT2D eigenvalue weighted by Crippen LogP contribution is 2.34. The minimum absolute atomic E-state index is 0.137. The van der Waals surface area contributed by atoms with E-state index in [4.69, 9.17) is 4.74 Å². The summed E-state index contributed by atoms with van der Waals surface area (Å²) >= 11 is 0. The van der Waals surface area contributed by atoms with E-state index in [1.165, 1.54) is 22.3 Å². The predicted octanol–water partition coefficient (Wildman–Crippen LogP) is 2.28. The first-order valence-corrected chi connectivity index (χ1v) is 7.35. The zero-order valence-electron chi connectivity index (χ0n) is 12.3. The molecule has 1 aliphatic rings. The Morgan fingerprint density at radius 2 is 1.67 bits per heavy atom. The molecule has 0 fully saturated rings. The molecule has 0 spiro atoms. The van der Waals surface area contributed by atoms with Gasteiger partial charge >= 0.3 is 0 Å². The van der Waals surface area contributed by atoms with Crippen molar-refractivity contribution in [2.45, 2.75) is 18.6 Å². The van der Waals surface area contributed by atoms with E-state index in [-0.39, 0.29) is 6.04 Å². The number of methoxy groups -OCH3 is 1. The minimum Gasteiger partial charge on any atom is -0.389 e. The standard InChI is InChI=1S/C18H21NO2/c1-21-12-15(20)11-19-18-16-8-4-2-6-13(16)10-14-7-3-5-9-17(14)18/h2-9,15,18-20H,10-12H2,1H3. The van der Waals surface area contributed by atoms with Crippen LogP contribution in [0.5, 0.6) is 0 Å². The second-order valence-electron chi connectivity index (χ2n) is 5.52. The summed E-state index contributed by atoms with van der Waals surface area (Å²) in [4.78, 5) is 0. The topological polar surface area (TPSA) is 41.5 Å². The Kier molecular flexibility index (Phi) is 4.34. The van der Waals surface area contributed by atoms with Crippen LogP contribution in [-0.2, 0) is 11.2 Å². The average Bonchev–Trinajstić information content (AvgIpc) is 2.51. The molecule has 0 aliphatic heterocycles. The number of rotatable bonds is 5. The van der Waals surface area contributed by atoms with Gasteiger partial charge in [-0.2, -0.15) is 0 Å². The minimum atomic E-state index is -0.490. The van der Waals surface area contributed by atoms with Crippen molar-refractivity contribution in [1.82, 2.24) is 5.32 Å². The molecular weight excluding hydrogens is 262 g/mol. The van der Waals surface area contributed by atoms with Crippen LogP contribution in [0.2, 0.25) is 0 Å². The highest BCUT2D eigenvalue weighted by molar-refractivity contribution is 5.48. The van der Waals surface area contributed by atoms with Crippen molar-refractivity contribution < 1.29 is 9.84 Å². The Balaban J connectivity index is 1.88. The number of nitrogens with one attached hydrogen (secondary N) is 1. The quantitative estimate of drug-likeness (QED) is 0.884. The summed E-state index contributed by atoms with van der Waals surface area (Å²) in [6.45, 7) is 0.865. The Hall–Kier alpha value is -1.68. The first kappa shape index (κ1) is 14.3. The Morgan fingerprint density at radius 1 is 1.10 bits per heavy atom. The summed E-state index contributed by atoms with van der Waals surface area (Å²) in [6.07, 6.45) is 0.488. The fraction of sp³-hybridized carbons (Fsp3) is 0.333. The van der Waals surface area contributed by atoms with Gasteiger partial charge in [0.2, 0.25) is 0 Å². The van der Waals surface area contributed by atoms with Gasteiger partial charge in [-0.15, -0.1) is 0 Å². The molecule has 0 bridgehead atoms. The van der Waals surface area contributed by atoms with E-state index >= 15 is 0 Å². The average molecular weight is 283 g/mol. The first-order valence-electron chi connectivity index (χ1n) is 7.35. The molecule has 1 atom stereocenters. The van der Waals surface area contributed by atoms with Crippen molar-refractivity contribution in [2.24, 2.45) is 0 Å². The number of ether oxygens (including phenoxy) is 1. The molecule has 2 aromatic carbocycles. The van der Waals surface area contributed by atoms with E-state index in [0.29, 0.717) is 13.2 Å². The van der Waals surface area contributed by atoms with Crippen LogP contribution in [0.4, 0.5) is 0 Å². The number of aliphatic hydroxyl groups excluding tert-OH is 1. The van der Waals surface area contributed by atoms with Crippen LogP contribution in [0.25, 0.3) is 0 Å². The second-order valence-corrected chi connectivity index (χ2v) is 5.52. The number of aliphatic hydroxyl groups is 1. The van der Waals surface area contributed by atoms with Crippen molar-refractivity contribution in [2.75, 3.05) is 20.3 Å². The van der Waals surface area contributed by atoms with E-state index in [9.17, 15) is 5.11 Å². The van der Waals surface area contributed by atoms with E-state index in [0.717, 1.165) is 6.42 Å². The molecule has 2 N–H and O–H groups in total. The molecule has 0 saturated carbocycles. The van der Waals surface area contributed by atoms with Crippen molar-refractivity contribution >= 4 is 0 Å². The van der Waals surface area contributed by atoms with Crippen LogP contribution in [0, 0.1) is 0 Å². The van der Waals surface area contributed by atoms with Crippen molar-refractivity contribution in [3.8, 4) is 0 Å². The van der Waals surface area contributed by atoms with Gasteiger partial charge in [-0.3, -0.25) is 0 Å². The molecule has 0 radical (unpaired) electrons. The maximum absolute atomic E-state index is 9.89. The second kappa shape index (κ2) is 6.39. The lowest BCUT2D eigenvalue weighted by atomic mass is 9.82. The molecule has 110 valence electrons. The number of hydrogen-bond donors (Lipinski definition) is 2. The lowest BCUT2D eigenvalue weighted by Crippen LogP contribution is -2.35. The lowest BCUT2D eigenvalue weighted by Gasteiger charge is -2.30. The summed E-state index contributed by atoms with van der Waals surface area (Å²) in [6, 6.07) is 17.2. The fourth-order valence-corrected chi connectivity index (χ4v) is 3.05. The highest BCUT2D eigenvalue weighted by atomic mass is 16.5. The van der Waals surface area contributed by atoms with Gasteiger partial charge in [-0.25, -0.2) is 0 Å². The van der Waals surface area contributed by atoms with E-state index in [1.54, 1.807) is 7.11 Å². The molecule has 3 nitrogen and oxygen atoms in total. The largest absolute Gasteiger partial charge is 0.389 e. The molecule has 2 aromatic rings. The molecule has 3 heteroatoms. The normalized spacial score (nSPS) is 15.3. The first-order chi connectivity index (χ1) is 10.3. The van der Waals surface area contributed by atoms with Gasteiger partial charge < -0.3 is 15.2 Å². The van der Waals surface area contributed by atoms with E-state index < -0.39 is 6.10 Å². The summed E-state index contributed by atoms with van der Waals surface area (Å²) in [5.41, 5.74) is 5.33. The van der Waals surface area contributed by atoms with Gasteiger partial charge in [0.25, 0.3) is 0 Å². The van der Waals surface area contributed by atoms with Gasteiger partial charge in [0.05, 0.1) is 18.8 Å².